The second-order valence-corrected chi connectivity index (χ2v) is 3.92. The third-order valence-corrected chi connectivity index (χ3v) is 2.68. The van der Waals surface area contributed by atoms with Crippen LogP contribution >= 0.6 is 0 Å². The van der Waals surface area contributed by atoms with Crippen molar-refractivity contribution in [3.05, 3.63) is 53.8 Å². The van der Waals surface area contributed by atoms with Gasteiger partial charge in [0.2, 0.25) is 0 Å². The molecular formula is C14H10F4O. The Labute approximate surface area is 107 Å². The first-order valence-electron chi connectivity index (χ1n) is 5.43. The first-order chi connectivity index (χ1) is 8.91. The summed E-state index contributed by atoms with van der Waals surface area (Å²) in [7, 11) is 1.42. The molecular weight excluding hydrogens is 260 g/mol. The minimum atomic E-state index is -4.38. The molecule has 0 heterocycles. The molecule has 0 spiro atoms. The molecule has 0 aromatic heterocycles. The zero-order chi connectivity index (χ0) is 14.0. The van der Waals surface area contributed by atoms with Gasteiger partial charge in [0.05, 0.1) is 12.7 Å². The summed E-state index contributed by atoms with van der Waals surface area (Å²) in [5.41, 5.74) is 0.132. The lowest BCUT2D eigenvalue weighted by Crippen LogP contribution is -2.04. The van der Waals surface area contributed by atoms with Crippen LogP contribution in [0.5, 0.6) is 5.75 Å². The Morgan fingerprint density at radius 3 is 2.11 bits per heavy atom. The molecule has 2 aromatic carbocycles. The van der Waals surface area contributed by atoms with Gasteiger partial charge >= 0.3 is 6.18 Å². The van der Waals surface area contributed by atoms with E-state index in [0.29, 0.717) is 16.9 Å². The van der Waals surface area contributed by atoms with Gasteiger partial charge < -0.3 is 4.74 Å². The largest absolute Gasteiger partial charge is 0.496 e. The average molecular weight is 270 g/mol. The van der Waals surface area contributed by atoms with Gasteiger partial charge in [0, 0.05) is 5.56 Å². The number of halogens is 4. The van der Waals surface area contributed by atoms with Gasteiger partial charge in [0.25, 0.3) is 0 Å². The molecule has 0 radical (unpaired) electrons. The topological polar surface area (TPSA) is 9.23 Å². The van der Waals surface area contributed by atoms with Crippen LogP contribution < -0.4 is 4.74 Å². The third kappa shape index (κ3) is 2.86. The van der Waals surface area contributed by atoms with Gasteiger partial charge in [-0.25, -0.2) is 4.39 Å². The highest BCUT2D eigenvalue weighted by Gasteiger charge is 2.30. The highest BCUT2D eigenvalue weighted by atomic mass is 19.4. The number of hydrogen-bond donors (Lipinski definition) is 0. The van der Waals surface area contributed by atoms with Crippen LogP contribution in [-0.4, -0.2) is 7.11 Å². The highest BCUT2D eigenvalue weighted by molar-refractivity contribution is 5.70. The van der Waals surface area contributed by atoms with Crippen molar-refractivity contribution in [1.82, 2.24) is 0 Å². The molecule has 0 saturated carbocycles. The minimum absolute atomic E-state index is 0.404. The second kappa shape index (κ2) is 4.91. The maximum absolute atomic E-state index is 13.2. The molecule has 0 fully saturated rings. The Hall–Kier alpha value is -2.04. The van der Waals surface area contributed by atoms with E-state index in [9.17, 15) is 17.6 Å². The van der Waals surface area contributed by atoms with Gasteiger partial charge in [-0.3, -0.25) is 0 Å². The van der Waals surface area contributed by atoms with Crippen LogP contribution in [0.2, 0.25) is 0 Å². The van der Waals surface area contributed by atoms with Gasteiger partial charge in [-0.2, -0.15) is 13.2 Å². The van der Waals surface area contributed by atoms with E-state index in [1.165, 1.54) is 37.4 Å². The first kappa shape index (κ1) is 13.4. The predicted molar refractivity (Wildman–Crippen MR) is 63.4 cm³/mol. The van der Waals surface area contributed by atoms with Crippen LogP contribution in [-0.2, 0) is 6.18 Å². The monoisotopic (exact) mass is 270 g/mol. The number of methoxy groups -OCH3 is 1. The SMILES string of the molecule is COc1ccc(F)cc1-c1ccc(C(F)(F)F)cc1. The number of hydrogen-bond acceptors (Lipinski definition) is 1. The summed E-state index contributed by atoms with van der Waals surface area (Å²) in [6, 6.07) is 8.38. The molecule has 0 atom stereocenters. The van der Waals surface area contributed by atoms with Crippen molar-refractivity contribution >= 4 is 0 Å². The fourth-order valence-electron chi connectivity index (χ4n) is 1.74. The van der Waals surface area contributed by atoms with E-state index in [1.54, 1.807) is 0 Å². The molecule has 1 nitrogen and oxygen atoms in total. The molecule has 19 heavy (non-hydrogen) atoms. The second-order valence-electron chi connectivity index (χ2n) is 3.92. The normalized spacial score (nSPS) is 11.4. The molecule has 0 saturated heterocycles. The standard InChI is InChI=1S/C14H10F4O/c1-19-13-7-6-11(15)8-12(13)9-2-4-10(5-3-9)14(16,17)18/h2-8H,1H3. The Morgan fingerprint density at radius 2 is 1.58 bits per heavy atom. The van der Waals surface area contributed by atoms with Crippen molar-refractivity contribution in [3.63, 3.8) is 0 Å². The molecule has 0 aliphatic heterocycles. The smallest absolute Gasteiger partial charge is 0.416 e. The summed E-state index contributed by atoms with van der Waals surface area (Å²) >= 11 is 0. The van der Waals surface area contributed by atoms with E-state index in [2.05, 4.69) is 0 Å². The van der Waals surface area contributed by atoms with Crippen molar-refractivity contribution in [1.29, 1.82) is 0 Å². The van der Waals surface area contributed by atoms with Crippen LogP contribution in [0.4, 0.5) is 17.6 Å². The minimum Gasteiger partial charge on any atom is -0.496 e. The number of rotatable bonds is 2. The van der Waals surface area contributed by atoms with E-state index in [4.69, 9.17) is 4.74 Å². The Kier molecular flexibility index (Phi) is 3.46. The average Bonchev–Trinajstić information content (AvgIpc) is 2.38. The van der Waals surface area contributed by atoms with E-state index >= 15 is 0 Å². The Balaban J connectivity index is 2.45. The molecule has 0 bridgehead atoms. The quantitative estimate of drug-likeness (QED) is 0.729. The number of ether oxygens (including phenoxy) is 1. The number of benzene rings is 2. The van der Waals surface area contributed by atoms with Gasteiger partial charge in [-0.15, -0.1) is 0 Å². The van der Waals surface area contributed by atoms with E-state index in [0.717, 1.165) is 12.1 Å². The number of alkyl halides is 3. The molecule has 0 N–H and O–H groups in total. The molecule has 2 aromatic rings. The van der Waals surface area contributed by atoms with E-state index in [-0.39, 0.29) is 0 Å². The molecule has 100 valence electrons. The summed E-state index contributed by atoms with van der Waals surface area (Å²) in [5, 5.41) is 0. The summed E-state index contributed by atoms with van der Waals surface area (Å²) in [4.78, 5) is 0. The third-order valence-electron chi connectivity index (χ3n) is 2.68. The molecule has 0 aliphatic carbocycles. The van der Waals surface area contributed by atoms with Crippen LogP contribution in [0.3, 0.4) is 0 Å². The highest BCUT2D eigenvalue weighted by Crippen LogP contribution is 2.34. The molecule has 0 aliphatic rings. The zero-order valence-electron chi connectivity index (χ0n) is 9.96. The Morgan fingerprint density at radius 1 is 0.947 bits per heavy atom. The lowest BCUT2D eigenvalue weighted by Gasteiger charge is -2.10. The van der Waals surface area contributed by atoms with Gasteiger partial charge in [0.1, 0.15) is 11.6 Å². The van der Waals surface area contributed by atoms with Crippen LogP contribution in [0.15, 0.2) is 42.5 Å². The maximum Gasteiger partial charge on any atom is 0.416 e. The van der Waals surface area contributed by atoms with Crippen LogP contribution in [0.25, 0.3) is 11.1 Å². The summed E-state index contributed by atoms with van der Waals surface area (Å²) < 4.78 is 55.6. The van der Waals surface area contributed by atoms with Gasteiger partial charge in [0.15, 0.2) is 0 Å². The van der Waals surface area contributed by atoms with Crippen molar-refractivity contribution in [2.45, 2.75) is 6.18 Å². The first-order valence-corrected chi connectivity index (χ1v) is 5.43. The van der Waals surface area contributed by atoms with E-state index < -0.39 is 17.6 Å². The molecule has 2 rings (SSSR count). The molecule has 5 heteroatoms. The van der Waals surface area contributed by atoms with Gasteiger partial charge in [-0.05, 0) is 35.9 Å². The van der Waals surface area contributed by atoms with Gasteiger partial charge in [-0.1, -0.05) is 12.1 Å². The fraction of sp³-hybridized carbons (Fsp3) is 0.143. The summed E-state index contributed by atoms with van der Waals surface area (Å²) in [6.45, 7) is 0. The predicted octanol–water partition coefficient (Wildman–Crippen LogP) is 4.52. The van der Waals surface area contributed by atoms with Crippen molar-refractivity contribution < 1.29 is 22.3 Å². The molecule has 0 unspecified atom stereocenters. The Bertz CT molecular complexity index is 573. The summed E-state index contributed by atoms with van der Waals surface area (Å²) in [5.74, 6) is -0.0724. The fourth-order valence-corrected chi connectivity index (χ4v) is 1.74. The lowest BCUT2D eigenvalue weighted by atomic mass is 10.0. The van der Waals surface area contributed by atoms with Crippen molar-refractivity contribution in [2.75, 3.05) is 7.11 Å². The lowest BCUT2D eigenvalue weighted by molar-refractivity contribution is -0.137. The van der Waals surface area contributed by atoms with Crippen LogP contribution in [0, 0.1) is 5.82 Å². The molecule has 0 amide bonds. The van der Waals surface area contributed by atoms with E-state index in [1.807, 2.05) is 0 Å². The van der Waals surface area contributed by atoms with Crippen LogP contribution in [0.1, 0.15) is 5.56 Å². The zero-order valence-corrected chi connectivity index (χ0v) is 9.96. The summed E-state index contributed by atoms with van der Waals surface area (Å²) in [6.07, 6.45) is -4.38. The van der Waals surface area contributed by atoms with Crippen molar-refractivity contribution in [2.24, 2.45) is 0 Å². The van der Waals surface area contributed by atoms with Crippen molar-refractivity contribution in [3.8, 4) is 16.9 Å². The maximum atomic E-state index is 13.2.